The van der Waals surface area contributed by atoms with E-state index in [9.17, 15) is 9.18 Å². The number of nitrogens with zero attached hydrogens (tertiary/aromatic N) is 1. The number of halogens is 1. The third-order valence-corrected chi connectivity index (χ3v) is 3.37. The van der Waals surface area contributed by atoms with Crippen molar-refractivity contribution in [3.63, 3.8) is 0 Å². The first-order valence-electron chi connectivity index (χ1n) is 7.67. The van der Waals surface area contributed by atoms with Gasteiger partial charge in [-0.15, -0.1) is 0 Å². The standard InChI is InChI=1S/C19H16FNO3/c1-2-11-23-16-9-3-13(4-10-16)12-17-19(22)24-18(21-17)14-5-7-15(20)8-6-14/h3-10,12H,2,11H2,1H3. The molecular weight excluding hydrogens is 309 g/mol. The van der Waals surface area contributed by atoms with Gasteiger partial charge in [-0.2, -0.15) is 0 Å². The molecule has 0 amide bonds. The zero-order valence-electron chi connectivity index (χ0n) is 13.2. The molecule has 24 heavy (non-hydrogen) atoms. The fraction of sp³-hybridized carbons (Fsp3) is 0.158. The van der Waals surface area contributed by atoms with Gasteiger partial charge in [0.1, 0.15) is 11.6 Å². The van der Waals surface area contributed by atoms with Crippen LogP contribution in [0.15, 0.2) is 59.2 Å². The average molecular weight is 325 g/mol. The predicted octanol–water partition coefficient (Wildman–Crippen LogP) is 3.96. The lowest BCUT2D eigenvalue weighted by Gasteiger charge is -2.04. The molecule has 0 fully saturated rings. The van der Waals surface area contributed by atoms with Gasteiger partial charge in [0.2, 0.25) is 5.90 Å². The lowest BCUT2D eigenvalue weighted by Crippen LogP contribution is -2.05. The van der Waals surface area contributed by atoms with E-state index in [1.165, 1.54) is 24.3 Å². The maximum atomic E-state index is 13.0. The Balaban J connectivity index is 1.79. The first-order chi connectivity index (χ1) is 11.7. The van der Waals surface area contributed by atoms with Crippen molar-refractivity contribution >= 4 is 17.9 Å². The van der Waals surface area contributed by atoms with E-state index in [0.717, 1.165) is 17.7 Å². The minimum absolute atomic E-state index is 0.175. The Morgan fingerprint density at radius 3 is 2.50 bits per heavy atom. The lowest BCUT2D eigenvalue weighted by atomic mass is 10.2. The Hall–Kier alpha value is -2.95. The van der Waals surface area contributed by atoms with Crippen molar-refractivity contribution in [2.45, 2.75) is 13.3 Å². The van der Waals surface area contributed by atoms with Crippen molar-refractivity contribution in [3.8, 4) is 5.75 Å². The molecule has 5 heteroatoms. The Kier molecular flexibility index (Phi) is 4.70. The van der Waals surface area contributed by atoms with Crippen LogP contribution in [-0.4, -0.2) is 18.5 Å². The van der Waals surface area contributed by atoms with Gasteiger partial charge in [-0.1, -0.05) is 19.1 Å². The van der Waals surface area contributed by atoms with Gasteiger partial charge in [0.05, 0.1) is 6.61 Å². The molecule has 2 aromatic carbocycles. The Morgan fingerprint density at radius 2 is 1.83 bits per heavy atom. The number of rotatable bonds is 5. The predicted molar refractivity (Wildman–Crippen MR) is 89.2 cm³/mol. The molecule has 1 aliphatic heterocycles. The van der Waals surface area contributed by atoms with Crippen molar-refractivity contribution < 1.29 is 18.7 Å². The number of carbonyl (C=O) groups excluding carboxylic acids is 1. The van der Waals surface area contributed by atoms with E-state index in [1.54, 1.807) is 6.08 Å². The smallest absolute Gasteiger partial charge is 0.363 e. The van der Waals surface area contributed by atoms with Crippen LogP contribution in [0.2, 0.25) is 0 Å². The van der Waals surface area contributed by atoms with Crippen LogP contribution < -0.4 is 4.74 Å². The summed E-state index contributed by atoms with van der Waals surface area (Å²) in [6, 6.07) is 13.0. The monoisotopic (exact) mass is 325 g/mol. The molecule has 2 aromatic rings. The molecule has 0 bridgehead atoms. The molecule has 0 N–H and O–H groups in total. The highest BCUT2D eigenvalue weighted by Gasteiger charge is 2.24. The molecule has 0 unspecified atom stereocenters. The van der Waals surface area contributed by atoms with E-state index >= 15 is 0 Å². The topological polar surface area (TPSA) is 47.9 Å². The van der Waals surface area contributed by atoms with Gasteiger partial charge in [0, 0.05) is 5.56 Å². The van der Waals surface area contributed by atoms with Crippen LogP contribution >= 0.6 is 0 Å². The highest BCUT2D eigenvalue weighted by Crippen LogP contribution is 2.20. The number of benzene rings is 2. The number of ether oxygens (including phenoxy) is 2. The first-order valence-corrected chi connectivity index (χ1v) is 7.67. The van der Waals surface area contributed by atoms with E-state index in [-0.39, 0.29) is 17.4 Å². The number of hydrogen-bond donors (Lipinski definition) is 0. The molecule has 1 heterocycles. The Labute approximate surface area is 139 Å². The molecule has 0 radical (unpaired) electrons. The van der Waals surface area contributed by atoms with Gasteiger partial charge in [0.25, 0.3) is 0 Å². The minimum Gasteiger partial charge on any atom is -0.494 e. The summed E-state index contributed by atoms with van der Waals surface area (Å²) in [6.07, 6.45) is 2.58. The van der Waals surface area contributed by atoms with Crippen LogP contribution in [0, 0.1) is 5.82 Å². The van der Waals surface area contributed by atoms with Gasteiger partial charge in [-0.3, -0.25) is 0 Å². The fourth-order valence-electron chi connectivity index (χ4n) is 2.16. The normalized spacial score (nSPS) is 15.3. The Morgan fingerprint density at radius 1 is 1.12 bits per heavy atom. The van der Waals surface area contributed by atoms with Crippen molar-refractivity contribution in [1.82, 2.24) is 0 Å². The molecule has 0 aliphatic carbocycles. The first kappa shape index (κ1) is 15.9. The molecular formula is C19H16FNO3. The third kappa shape index (κ3) is 3.68. The number of cyclic esters (lactones) is 1. The summed E-state index contributed by atoms with van der Waals surface area (Å²) in [4.78, 5) is 16.1. The highest BCUT2D eigenvalue weighted by atomic mass is 19.1. The zero-order valence-corrected chi connectivity index (χ0v) is 13.2. The minimum atomic E-state index is -0.527. The van der Waals surface area contributed by atoms with Gasteiger partial charge in [0.15, 0.2) is 5.70 Å². The second kappa shape index (κ2) is 7.08. The van der Waals surface area contributed by atoms with Crippen LogP contribution in [0.5, 0.6) is 5.75 Å². The maximum Gasteiger partial charge on any atom is 0.363 e. The summed E-state index contributed by atoms with van der Waals surface area (Å²) in [6.45, 7) is 2.71. The van der Waals surface area contributed by atoms with Crippen LogP contribution in [0.25, 0.3) is 6.08 Å². The summed E-state index contributed by atoms with van der Waals surface area (Å²) in [5, 5.41) is 0. The number of carbonyl (C=O) groups is 1. The zero-order chi connectivity index (χ0) is 16.9. The second-order valence-corrected chi connectivity index (χ2v) is 5.26. The molecule has 3 rings (SSSR count). The quantitative estimate of drug-likeness (QED) is 0.617. The molecule has 4 nitrogen and oxygen atoms in total. The number of aliphatic imine (C=N–C) groups is 1. The number of esters is 1. The van der Waals surface area contributed by atoms with Crippen molar-refractivity contribution in [1.29, 1.82) is 0 Å². The molecule has 122 valence electrons. The lowest BCUT2D eigenvalue weighted by molar-refractivity contribution is -0.129. The molecule has 0 atom stereocenters. The average Bonchev–Trinajstić information content (AvgIpc) is 2.95. The second-order valence-electron chi connectivity index (χ2n) is 5.26. The number of hydrogen-bond acceptors (Lipinski definition) is 4. The highest BCUT2D eigenvalue weighted by molar-refractivity contribution is 6.12. The molecule has 0 aromatic heterocycles. The maximum absolute atomic E-state index is 13.0. The molecule has 0 spiro atoms. The van der Waals surface area contributed by atoms with Crippen LogP contribution in [0.1, 0.15) is 24.5 Å². The molecule has 0 saturated heterocycles. The van der Waals surface area contributed by atoms with Gasteiger partial charge in [-0.05, 0) is 54.5 Å². The van der Waals surface area contributed by atoms with Crippen molar-refractivity contribution in [2.75, 3.05) is 6.61 Å². The van der Waals surface area contributed by atoms with Crippen molar-refractivity contribution in [3.05, 3.63) is 71.2 Å². The molecule has 0 saturated carbocycles. The summed E-state index contributed by atoms with van der Waals surface area (Å²) in [7, 11) is 0. The summed E-state index contributed by atoms with van der Waals surface area (Å²) in [5.41, 5.74) is 1.57. The van der Waals surface area contributed by atoms with Crippen molar-refractivity contribution in [2.24, 2.45) is 4.99 Å². The molecule has 1 aliphatic rings. The van der Waals surface area contributed by atoms with Gasteiger partial charge < -0.3 is 9.47 Å². The van der Waals surface area contributed by atoms with E-state index in [4.69, 9.17) is 9.47 Å². The summed E-state index contributed by atoms with van der Waals surface area (Å²) in [5.74, 6) is 0.0723. The SMILES string of the molecule is CCCOc1ccc(C=C2N=C(c3ccc(F)cc3)OC2=O)cc1. The van der Waals surface area contributed by atoms with Gasteiger partial charge >= 0.3 is 5.97 Å². The van der Waals surface area contributed by atoms with Crippen LogP contribution in [0.3, 0.4) is 0 Å². The van der Waals surface area contributed by atoms with Crippen LogP contribution in [-0.2, 0) is 9.53 Å². The van der Waals surface area contributed by atoms with E-state index in [1.807, 2.05) is 31.2 Å². The largest absolute Gasteiger partial charge is 0.494 e. The van der Waals surface area contributed by atoms with E-state index in [0.29, 0.717) is 12.2 Å². The van der Waals surface area contributed by atoms with Crippen LogP contribution in [0.4, 0.5) is 4.39 Å². The summed E-state index contributed by atoms with van der Waals surface area (Å²) >= 11 is 0. The van der Waals surface area contributed by atoms with E-state index < -0.39 is 5.97 Å². The third-order valence-electron chi connectivity index (χ3n) is 3.37. The fourth-order valence-corrected chi connectivity index (χ4v) is 2.16. The van der Waals surface area contributed by atoms with E-state index in [2.05, 4.69) is 4.99 Å². The Bertz CT molecular complexity index is 792. The van der Waals surface area contributed by atoms with Gasteiger partial charge in [-0.25, -0.2) is 14.2 Å². The summed E-state index contributed by atoms with van der Waals surface area (Å²) < 4.78 is 23.6.